The van der Waals surface area contributed by atoms with Gasteiger partial charge in [-0.15, -0.1) is 0 Å². The number of carbonyl (C=O) groups is 2. The molecule has 1 aliphatic heterocycles. The molecule has 5 heteroatoms. The van der Waals surface area contributed by atoms with E-state index in [1.165, 1.54) is 0 Å². The van der Waals surface area contributed by atoms with Gasteiger partial charge in [-0.2, -0.15) is 0 Å². The Morgan fingerprint density at radius 2 is 1.96 bits per heavy atom. The zero-order valence-corrected chi connectivity index (χ0v) is 14.9. The Balaban J connectivity index is 1.97. The molecule has 0 spiro atoms. The molecule has 1 aliphatic rings. The molecular formula is C19H28N2O3. The van der Waals surface area contributed by atoms with Crippen LogP contribution in [-0.4, -0.2) is 42.0 Å². The number of benzene rings is 1. The van der Waals surface area contributed by atoms with E-state index in [1.807, 2.05) is 33.0 Å². The number of anilines is 1. The lowest BCUT2D eigenvalue weighted by atomic mass is 9.96. The minimum Gasteiger partial charge on any atom is -0.481 e. The monoisotopic (exact) mass is 332 g/mol. The average Bonchev–Trinajstić information content (AvgIpc) is 2.54. The highest BCUT2D eigenvalue weighted by Crippen LogP contribution is 2.24. The second kappa shape index (κ2) is 8.18. The summed E-state index contributed by atoms with van der Waals surface area (Å²) in [5, 5.41) is 9.10. The molecule has 0 radical (unpaired) electrons. The van der Waals surface area contributed by atoms with Gasteiger partial charge in [0.2, 0.25) is 5.91 Å². The predicted molar refractivity (Wildman–Crippen MR) is 94.9 cm³/mol. The first-order valence-electron chi connectivity index (χ1n) is 8.67. The highest BCUT2D eigenvalue weighted by molar-refractivity contribution is 5.76. The van der Waals surface area contributed by atoms with Crippen LogP contribution in [0.2, 0.25) is 0 Å². The number of hydrogen-bond donors (Lipinski definition) is 1. The van der Waals surface area contributed by atoms with Crippen molar-refractivity contribution < 1.29 is 14.7 Å². The van der Waals surface area contributed by atoms with Crippen LogP contribution in [0.15, 0.2) is 24.3 Å². The number of carboxylic acid groups (broad SMARTS) is 1. The Kier molecular flexibility index (Phi) is 6.23. The Morgan fingerprint density at radius 1 is 1.29 bits per heavy atom. The van der Waals surface area contributed by atoms with Crippen molar-refractivity contribution in [3.05, 3.63) is 29.8 Å². The molecule has 0 aromatic heterocycles. The number of aliphatic carboxylic acids is 1. The number of piperidine rings is 1. The van der Waals surface area contributed by atoms with Crippen molar-refractivity contribution in [3.63, 3.8) is 0 Å². The van der Waals surface area contributed by atoms with Crippen molar-refractivity contribution in [2.75, 3.05) is 25.0 Å². The van der Waals surface area contributed by atoms with Gasteiger partial charge in [-0.3, -0.25) is 9.59 Å². The summed E-state index contributed by atoms with van der Waals surface area (Å²) in [6.45, 7) is 6.23. The van der Waals surface area contributed by atoms with Crippen LogP contribution in [0.5, 0.6) is 0 Å². The number of amides is 1. The lowest BCUT2D eigenvalue weighted by molar-refractivity contribution is -0.142. The fourth-order valence-electron chi connectivity index (χ4n) is 3.10. The summed E-state index contributed by atoms with van der Waals surface area (Å²) < 4.78 is 0. The Bertz CT molecular complexity index is 578. The van der Waals surface area contributed by atoms with Gasteiger partial charge in [-0.05, 0) is 36.5 Å². The average molecular weight is 332 g/mol. The fourth-order valence-corrected chi connectivity index (χ4v) is 3.10. The van der Waals surface area contributed by atoms with Crippen molar-refractivity contribution in [1.29, 1.82) is 0 Å². The Hall–Kier alpha value is -2.04. The third kappa shape index (κ3) is 4.98. The van der Waals surface area contributed by atoms with Crippen molar-refractivity contribution >= 4 is 17.6 Å². The molecule has 0 atom stereocenters. The number of carbonyl (C=O) groups excluding carboxylic acids is 1. The van der Waals surface area contributed by atoms with Gasteiger partial charge in [0.15, 0.2) is 0 Å². The number of carboxylic acids is 1. The molecule has 1 heterocycles. The third-order valence-electron chi connectivity index (χ3n) is 4.55. The second-order valence-corrected chi connectivity index (χ2v) is 7.12. The van der Waals surface area contributed by atoms with Gasteiger partial charge < -0.3 is 14.9 Å². The topological polar surface area (TPSA) is 60.9 Å². The zero-order chi connectivity index (χ0) is 17.7. The number of hydrogen-bond acceptors (Lipinski definition) is 3. The summed E-state index contributed by atoms with van der Waals surface area (Å²) in [6.07, 6.45) is 1.94. The molecule has 1 fully saturated rings. The van der Waals surface area contributed by atoms with E-state index in [4.69, 9.17) is 5.11 Å². The smallest absolute Gasteiger partial charge is 0.306 e. The van der Waals surface area contributed by atoms with Crippen LogP contribution >= 0.6 is 0 Å². The molecule has 1 aromatic carbocycles. The molecule has 5 nitrogen and oxygen atoms in total. The van der Waals surface area contributed by atoms with Crippen molar-refractivity contribution in [1.82, 2.24) is 4.90 Å². The van der Waals surface area contributed by atoms with Gasteiger partial charge in [0.25, 0.3) is 0 Å². The SMILES string of the molecule is CC(C)CC(=O)N(C)Cc1cccc(N2CCC(C(=O)O)CC2)c1. The largest absolute Gasteiger partial charge is 0.481 e. The molecule has 1 N–H and O–H groups in total. The maximum atomic E-state index is 12.1. The van der Waals surface area contributed by atoms with Gasteiger partial charge in [0.05, 0.1) is 5.92 Å². The Labute approximate surface area is 144 Å². The second-order valence-electron chi connectivity index (χ2n) is 7.12. The maximum absolute atomic E-state index is 12.1. The normalized spacial score (nSPS) is 15.6. The van der Waals surface area contributed by atoms with Crippen LogP contribution in [0.4, 0.5) is 5.69 Å². The lowest BCUT2D eigenvalue weighted by Crippen LogP contribution is -2.36. The van der Waals surface area contributed by atoms with Crippen LogP contribution in [0.1, 0.15) is 38.7 Å². The highest BCUT2D eigenvalue weighted by Gasteiger charge is 2.24. The van der Waals surface area contributed by atoms with E-state index in [0.717, 1.165) is 24.3 Å². The van der Waals surface area contributed by atoms with E-state index in [-0.39, 0.29) is 11.8 Å². The molecule has 132 valence electrons. The Morgan fingerprint density at radius 3 is 2.54 bits per heavy atom. The molecule has 0 bridgehead atoms. The minimum absolute atomic E-state index is 0.165. The van der Waals surface area contributed by atoms with Crippen LogP contribution in [-0.2, 0) is 16.1 Å². The predicted octanol–water partition coefficient (Wildman–Crippen LogP) is 2.99. The van der Waals surface area contributed by atoms with Crippen molar-refractivity contribution in [2.24, 2.45) is 11.8 Å². The maximum Gasteiger partial charge on any atom is 0.306 e. The van der Waals surface area contributed by atoms with E-state index in [9.17, 15) is 9.59 Å². The fraction of sp³-hybridized carbons (Fsp3) is 0.579. The lowest BCUT2D eigenvalue weighted by Gasteiger charge is -2.32. The summed E-state index contributed by atoms with van der Waals surface area (Å²) in [5.41, 5.74) is 2.22. The quantitative estimate of drug-likeness (QED) is 0.870. The van der Waals surface area contributed by atoms with E-state index in [1.54, 1.807) is 4.90 Å². The molecule has 0 aliphatic carbocycles. The highest BCUT2D eigenvalue weighted by atomic mass is 16.4. The van der Waals surface area contributed by atoms with Crippen LogP contribution in [0.3, 0.4) is 0 Å². The van der Waals surface area contributed by atoms with Gasteiger partial charge in [-0.1, -0.05) is 26.0 Å². The first-order valence-corrected chi connectivity index (χ1v) is 8.67. The van der Waals surface area contributed by atoms with Crippen LogP contribution < -0.4 is 4.90 Å². The third-order valence-corrected chi connectivity index (χ3v) is 4.55. The summed E-state index contributed by atoms with van der Waals surface area (Å²) in [7, 11) is 1.84. The van der Waals surface area contributed by atoms with Crippen LogP contribution in [0.25, 0.3) is 0 Å². The number of rotatable bonds is 6. The van der Waals surface area contributed by atoms with Crippen LogP contribution in [0, 0.1) is 11.8 Å². The summed E-state index contributed by atoms with van der Waals surface area (Å²) >= 11 is 0. The van der Waals surface area contributed by atoms with Gasteiger partial charge in [-0.25, -0.2) is 0 Å². The zero-order valence-electron chi connectivity index (χ0n) is 14.9. The van der Waals surface area contributed by atoms with E-state index in [2.05, 4.69) is 17.0 Å². The number of nitrogens with zero attached hydrogens (tertiary/aromatic N) is 2. The summed E-state index contributed by atoms with van der Waals surface area (Å²) in [5.74, 6) is -0.377. The molecule has 24 heavy (non-hydrogen) atoms. The standard InChI is InChI=1S/C19H28N2O3/c1-14(2)11-18(22)20(3)13-15-5-4-6-17(12-15)21-9-7-16(8-10-21)19(23)24/h4-6,12,14,16H,7-11,13H2,1-3H3,(H,23,24). The summed E-state index contributed by atoms with van der Waals surface area (Å²) in [4.78, 5) is 27.2. The van der Waals surface area contributed by atoms with Crippen molar-refractivity contribution in [2.45, 2.75) is 39.7 Å². The molecule has 2 rings (SSSR count). The van der Waals surface area contributed by atoms with Gasteiger partial charge in [0.1, 0.15) is 0 Å². The minimum atomic E-state index is -0.686. The molecule has 0 saturated carbocycles. The van der Waals surface area contributed by atoms with E-state index in [0.29, 0.717) is 31.7 Å². The first kappa shape index (κ1) is 18.3. The molecule has 1 amide bonds. The molecule has 1 aromatic rings. The molecule has 0 unspecified atom stereocenters. The first-order chi connectivity index (χ1) is 11.4. The molecular weight excluding hydrogens is 304 g/mol. The van der Waals surface area contributed by atoms with Gasteiger partial charge in [0, 0.05) is 38.8 Å². The van der Waals surface area contributed by atoms with E-state index < -0.39 is 5.97 Å². The van der Waals surface area contributed by atoms with E-state index >= 15 is 0 Å². The van der Waals surface area contributed by atoms with Gasteiger partial charge >= 0.3 is 5.97 Å². The summed E-state index contributed by atoms with van der Waals surface area (Å²) in [6, 6.07) is 8.21. The van der Waals surface area contributed by atoms with Crippen molar-refractivity contribution in [3.8, 4) is 0 Å². The molecule has 1 saturated heterocycles.